The van der Waals surface area contributed by atoms with E-state index in [1.54, 1.807) is 0 Å². The molecule has 0 radical (unpaired) electrons. The van der Waals surface area contributed by atoms with Crippen LogP contribution in [0.3, 0.4) is 0 Å². The number of nitrogens with one attached hydrogen (secondary N) is 1. The van der Waals surface area contributed by atoms with E-state index in [1.807, 2.05) is 29.6 Å². The van der Waals surface area contributed by atoms with Crippen molar-refractivity contribution in [3.8, 4) is 17.0 Å². The summed E-state index contributed by atoms with van der Waals surface area (Å²) >= 11 is 1.42. The molecule has 5 heteroatoms. The Labute approximate surface area is 164 Å². The van der Waals surface area contributed by atoms with Crippen molar-refractivity contribution in [3.63, 3.8) is 0 Å². The van der Waals surface area contributed by atoms with Crippen LogP contribution in [-0.2, 0) is 4.79 Å². The number of benzene rings is 2. The van der Waals surface area contributed by atoms with Crippen LogP contribution in [0.25, 0.3) is 11.3 Å². The molecule has 3 aromatic rings. The largest absolute Gasteiger partial charge is 0.484 e. The molecule has 0 aliphatic rings. The van der Waals surface area contributed by atoms with Gasteiger partial charge in [0.15, 0.2) is 11.7 Å². The molecule has 140 valence electrons. The lowest BCUT2D eigenvalue weighted by Crippen LogP contribution is -2.20. The lowest BCUT2D eigenvalue weighted by atomic mass is 10.0. The Morgan fingerprint density at radius 1 is 1.15 bits per heavy atom. The van der Waals surface area contributed by atoms with Gasteiger partial charge in [0, 0.05) is 10.9 Å². The lowest BCUT2D eigenvalue weighted by Gasteiger charge is -2.08. The van der Waals surface area contributed by atoms with E-state index in [0.717, 1.165) is 16.8 Å². The van der Waals surface area contributed by atoms with Crippen LogP contribution in [0.15, 0.2) is 47.8 Å². The lowest BCUT2D eigenvalue weighted by molar-refractivity contribution is -0.118. The van der Waals surface area contributed by atoms with E-state index in [0.29, 0.717) is 16.8 Å². The Hall–Kier alpha value is -2.66. The fourth-order valence-corrected chi connectivity index (χ4v) is 3.45. The minimum atomic E-state index is -0.218. The summed E-state index contributed by atoms with van der Waals surface area (Å²) in [4.78, 5) is 16.7. The first-order chi connectivity index (χ1) is 12.9. The Bertz CT molecular complexity index is 930. The molecule has 1 heterocycles. The van der Waals surface area contributed by atoms with Gasteiger partial charge in [-0.15, -0.1) is 11.3 Å². The van der Waals surface area contributed by atoms with Gasteiger partial charge in [-0.3, -0.25) is 10.1 Å². The Morgan fingerprint density at radius 2 is 1.89 bits per heavy atom. The minimum absolute atomic E-state index is 0.0423. The Morgan fingerprint density at radius 3 is 2.59 bits per heavy atom. The quantitative estimate of drug-likeness (QED) is 0.608. The first kappa shape index (κ1) is 19.1. The maximum atomic E-state index is 12.2. The number of amides is 1. The number of hydrogen-bond acceptors (Lipinski definition) is 4. The number of aromatic nitrogens is 1. The van der Waals surface area contributed by atoms with E-state index < -0.39 is 0 Å². The number of hydrogen-bond donors (Lipinski definition) is 1. The highest BCUT2D eigenvalue weighted by Crippen LogP contribution is 2.28. The van der Waals surface area contributed by atoms with Gasteiger partial charge in [0.25, 0.3) is 5.91 Å². The smallest absolute Gasteiger partial charge is 0.264 e. The molecule has 0 spiro atoms. The van der Waals surface area contributed by atoms with Gasteiger partial charge in [0.2, 0.25) is 0 Å². The molecule has 1 amide bonds. The average molecular weight is 381 g/mol. The summed E-state index contributed by atoms with van der Waals surface area (Å²) in [6, 6.07) is 14.1. The zero-order valence-corrected chi connectivity index (χ0v) is 16.9. The second-order valence-electron chi connectivity index (χ2n) is 6.92. The number of ether oxygens (including phenoxy) is 1. The molecule has 0 aliphatic heterocycles. The average Bonchev–Trinajstić information content (AvgIpc) is 3.10. The van der Waals surface area contributed by atoms with Crippen molar-refractivity contribution in [2.75, 3.05) is 11.9 Å². The van der Waals surface area contributed by atoms with Gasteiger partial charge in [0.05, 0.1) is 5.69 Å². The summed E-state index contributed by atoms with van der Waals surface area (Å²) in [5.74, 6) is 0.938. The third-order valence-electron chi connectivity index (χ3n) is 4.34. The van der Waals surface area contributed by atoms with Crippen LogP contribution >= 0.6 is 11.3 Å². The van der Waals surface area contributed by atoms with E-state index in [9.17, 15) is 4.79 Å². The van der Waals surface area contributed by atoms with Gasteiger partial charge in [-0.25, -0.2) is 4.98 Å². The van der Waals surface area contributed by atoms with E-state index in [4.69, 9.17) is 4.74 Å². The monoisotopic (exact) mass is 380 g/mol. The highest BCUT2D eigenvalue weighted by atomic mass is 32.1. The summed E-state index contributed by atoms with van der Waals surface area (Å²) in [6.07, 6.45) is 0. The molecule has 0 saturated heterocycles. The predicted octanol–water partition coefficient (Wildman–Crippen LogP) is 5.57. The Balaban J connectivity index is 1.58. The van der Waals surface area contributed by atoms with Gasteiger partial charge >= 0.3 is 0 Å². The highest BCUT2D eigenvalue weighted by molar-refractivity contribution is 7.14. The van der Waals surface area contributed by atoms with Gasteiger partial charge in [-0.1, -0.05) is 43.7 Å². The van der Waals surface area contributed by atoms with Crippen molar-refractivity contribution in [1.29, 1.82) is 0 Å². The first-order valence-corrected chi connectivity index (χ1v) is 9.86. The standard InChI is InChI=1S/C22H24N2O2S/c1-14(2)17-7-9-18(10-8-17)26-12-21(25)24-22-23-20(13-27-22)19-11-15(3)5-6-16(19)4/h5-11,13-14H,12H2,1-4H3,(H,23,24,25). The maximum absolute atomic E-state index is 12.2. The number of anilines is 1. The van der Waals surface area contributed by atoms with Gasteiger partial charge in [-0.2, -0.15) is 0 Å². The molecule has 1 N–H and O–H groups in total. The zero-order chi connectivity index (χ0) is 19.4. The molecular weight excluding hydrogens is 356 g/mol. The molecule has 27 heavy (non-hydrogen) atoms. The van der Waals surface area contributed by atoms with Crippen molar-refractivity contribution in [3.05, 3.63) is 64.5 Å². The number of thiazole rings is 1. The topological polar surface area (TPSA) is 51.2 Å². The van der Waals surface area contributed by atoms with Crippen molar-refractivity contribution in [2.24, 2.45) is 0 Å². The van der Waals surface area contributed by atoms with E-state index in [2.05, 4.69) is 56.2 Å². The number of carbonyl (C=O) groups excluding carboxylic acids is 1. The third kappa shape index (κ3) is 4.95. The summed E-state index contributed by atoms with van der Waals surface area (Å²) < 4.78 is 5.57. The van der Waals surface area contributed by atoms with E-state index >= 15 is 0 Å². The minimum Gasteiger partial charge on any atom is -0.484 e. The molecule has 0 saturated carbocycles. The second-order valence-corrected chi connectivity index (χ2v) is 7.77. The van der Waals surface area contributed by atoms with Crippen molar-refractivity contribution in [2.45, 2.75) is 33.6 Å². The fraction of sp³-hybridized carbons (Fsp3) is 0.273. The third-order valence-corrected chi connectivity index (χ3v) is 5.09. The van der Waals surface area contributed by atoms with Crippen molar-refractivity contribution in [1.82, 2.24) is 4.98 Å². The second kappa shape index (κ2) is 8.35. The van der Waals surface area contributed by atoms with Gasteiger partial charge in [0.1, 0.15) is 5.75 Å². The van der Waals surface area contributed by atoms with Crippen LogP contribution in [0, 0.1) is 13.8 Å². The van der Waals surface area contributed by atoms with Crippen molar-refractivity contribution >= 4 is 22.4 Å². The molecule has 0 unspecified atom stereocenters. The van der Waals surface area contributed by atoms with E-state index in [-0.39, 0.29) is 12.5 Å². The first-order valence-electron chi connectivity index (χ1n) is 8.98. The summed E-state index contributed by atoms with van der Waals surface area (Å²) in [7, 11) is 0. The molecule has 0 fully saturated rings. The van der Waals surface area contributed by atoms with Crippen LogP contribution < -0.4 is 10.1 Å². The molecule has 0 bridgehead atoms. The van der Waals surface area contributed by atoms with Crippen LogP contribution in [0.5, 0.6) is 5.75 Å². The summed E-state index contributed by atoms with van der Waals surface area (Å²) in [5.41, 5.74) is 5.56. The van der Waals surface area contributed by atoms with Crippen LogP contribution in [0.2, 0.25) is 0 Å². The Kier molecular flexibility index (Phi) is 5.91. The van der Waals surface area contributed by atoms with Crippen molar-refractivity contribution < 1.29 is 9.53 Å². The highest BCUT2D eigenvalue weighted by Gasteiger charge is 2.11. The molecule has 2 aromatic carbocycles. The molecule has 3 rings (SSSR count). The molecule has 0 aliphatic carbocycles. The molecule has 1 aromatic heterocycles. The fourth-order valence-electron chi connectivity index (χ4n) is 2.72. The predicted molar refractivity (Wildman–Crippen MR) is 112 cm³/mol. The van der Waals surface area contributed by atoms with Gasteiger partial charge in [-0.05, 0) is 49.1 Å². The maximum Gasteiger partial charge on any atom is 0.264 e. The molecular formula is C22H24N2O2S. The summed E-state index contributed by atoms with van der Waals surface area (Å²) in [5, 5.41) is 5.35. The summed E-state index contributed by atoms with van der Waals surface area (Å²) in [6.45, 7) is 8.36. The van der Waals surface area contributed by atoms with Crippen LogP contribution in [0.1, 0.15) is 36.5 Å². The van der Waals surface area contributed by atoms with Crippen LogP contribution in [-0.4, -0.2) is 17.5 Å². The number of rotatable bonds is 6. The van der Waals surface area contributed by atoms with Gasteiger partial charge < -0.3 is 4.74 Å². The molecule has 4 nitrogen and oxygen atoms in total. The molecule has 0 atom stereocenters. The zero-order valence-electron chi connectivity index (χ0n) is 16.1. The normalized spacial score (nSPS) is 10.9. The number of aryl methyl sites for hydroxylation is 2. The van der Waals surface area contributed by atoms with E-state index in [1.165, 1.54) is 22.5 Å². The number of nitrogens with zero attached hydrogens (tertiary/aromatic N) is 1. The number of carbonyl (C=O) groups is 1. The SMILES string of the molecule is Cc1ccc(C)c(-c2csc(NC(=O)COc3ccc(C(C)C)cc3)n2)c1. The van der Waals surface area contributed by atoms with Crippen LogP contribution in [0.4, 0.5) is 5.13 Å².